The van der Waals surface area contributed by atoms with E-state index in [1.807, 2.05) is 60.8 Å². The zero-order valence-electron chi connectivity index (χ0n) is 22.2. The second-order valence-corrected chi connectivity index (χ2v) is 10.1. The molecule has 9 nitrogen and oxygen atoms in total. The quantitative estimate of drug-likeness (QED) is 0.255. The van der Waals surface area contributed by atoms with E-state index in [2.05, 4.69) is 56.1 Å². The van der Waals surface area contributed by atoms with Crippen molar-refractivity contribution in [1.82, 2.24) is 30.2 Å². The van der Waals surface area contributed by atoms with Gasteiger partial charge in [0.05, 0.1) is 13.1 Å². The molecule has 3 aromatic heterocycles. The lowest BCUT2D eigenvalue weighted by Gasteiger charge is -2.25. The van der Waals surface area contributed by atoms with E-state index >= 15 is 0 Å². The van der Waals surface area contributed by atoms with Gasteiger partial charge in [-0.2, -0.15) is 9.97 Å². The molecular weight excluding hydrogens is 490 g/mol. The predicted octanol–water partition coefficient (Wildman–Crippen LogP) is 5.33. The number of hydrogen-bond acceptors (Lipinski definition) is 9. The number of anilines is 1. The van der Waals surface area contributed by atoms with E-state index in [4.69, 9.17) is 14.0 Å². The summed E-state index contributed by atoms with van der Waals surface area (Å²) in [6.07, 6.45) is 2.89. The summed E-state index contributed by atoms with van der Waals surface area (Å²) in [7, 11) is 0. The number of benzene rings is 2. The molecule has 2 aromatic carbocycles. The van der Waals surface area contributed by atoms with Gasteiger partial charge in [0, 0.05) is 30.4 Å². The number of aryl methyl sites for hydroxylation is 2. The van der Waals surface area contributed by atoms with Gasteiger partial charge in [-0.3, -0.25) is 4.90 Å². The van der Waals surface area contributed by atoms with Crippen LogP contribution in [-0.2, 0) is 13.1 Å². The lowest BCUT2D eigenvalue weighted by Crippen LogP contribution is -2.31. The Bertz CT molecular complexity index is 1530. The first kappa shape index (κ1) is 24.9. The van der Waals surface area contributed by atoms with E-state index in [0.717, 1.165) is 54.1 Å². The molecule has 0 bridgehead atoms. The molecule has 1 saturated heterocycles. The fourth-order valence-corrected chi connectivity index (χ4v) is 5.16. The Balaban J connectivity index is 1.12. The van der Waals surface area contributed by atoms with Crippen LogP contribution in [0.1, 0.15) is 29.3 Å². The van der Waals surface area contributed by atoms with Crippen LogP contribution in [-0.4, -0.2) is 49.8 Å². The van der Waals surface area contributed by atoms with Crippen LogP contribution in [0.2, 0.25) is 0 Å². The van der Waals surface area contributed by atoms with Crippen LogP contribution in [0.15, 0.2) is 82.0 Å². The van der Waals surface area contributed by atoms with Crippen molar-refractivity contribution in [2.75, 3.05) is 24.5 Å². The number of rotatable bonds is 9. The Morgan fingerprint density at radius 1 is 0.821 bits per heavy atom. The normalized spacial score (nSPS) is 15.6. The van der Waals surface area contributed by atoms with Crippen LogP contribution in [0.3, 0.4) is 0 Å². The summed E-state index contributed by atoms with van der Waals surface area (Å²) in [5.41, 5.74) is 4.23. The number of aromatic nitrogens is 5. The topological polar surface area (TPSA) is 97.2 Å². The molecule has 1 atom stereocenters. The van der Waals surface area contributed by atoms with E-state index in [1.54, 1.807) is 0 Å². The van der Waals surface area contributed by atoms with Crippen LogP contribution in [0.5, 0.6) is 0 Å². The maximum atomic E-state index is 5.67. The van der Waals surface area contributed by atoms with Crippen molar-refractivity contribution in [2.45, 2.75) is 33.4 Å². The number of hydrogen-bond donors (Lipinski definition) is 0. The molecule has 198 valence electrons. The molecular formula is C30H31N7O2. The van der Waals surface area contributed by atoms with Gasteiger partial charge in [0.15, 0.2) is 0 Å². The summed E-state index contributed by atoms with van der Waals surface area (Å²) in [5.74, 6) is 3.81. The summed E-state index contributed by atoms with van der Waals surface area (Å²) in [4.78, 5) is 18.6. The standard InChI is InChI=1S/C30H31N7O2/c1-21-9-3-5-11-24(21)29-32-27(38-34-29)19-36-16-14-23(17-36)18-37(26-13-7-8-15-31-26)20-28-33-30(35-39-28)25-12-6-4-10-22(25)2/h3-13,15,23H,14,16-20H2,1-2H3. The fourth-order valence-electron chi connectivity index (χ4n) is 5.16. The number of pyridine rings is 1. The van der Waals surface area contributed by atoms with Gasteiger partial charge in [-0.05, 0) is 56.0 Å². The first-order chi connectivity index (χ1) is 19.1. The Hall–Kier alpha value is -4.37. The second kappa shape index (κ2) is 11.2. The van der Waals surface area contributed by atoms with Gasteiger partial charge < -0.3 is 13.9 Å². The Morgan fingerprint density at radius 2 is 1.46 bits per heavy atom. The van der Waals surface area contributed by atoms with E-state index in [0.29, 0.717) is 42.4 Å². The molecule has 0 amide bonds. The molecule has 1 aliphatic heterocycles. The average Bonchev–Trinajstić information content (AvgIpc) is 3.72. The summed E-state index contributed by atoms with van der Waals surface area (Å²) < 4.78 is 11.3. The van der Waals surface area contributed by atoms with Gasteiger partial charge in [0.2, 0.25) is 23.4 Å². The van der Waals surface area contributed by atoms with E-state index in [9.17, 15) is 0 Å². The first-order valence-corrected chi connectivity index (χ1v) is 13.3. The minimum Gasteiger partial charge on any atom is -0.347 e. The number of likely N-dealkylation sites (tertiary alicyclic amines) is 1. The van der Waals surface area contributed by atoms with E-state index in [1.165, 1.54) is 0 Å². The molecule has 9 heteroatoms. The molecule has 1 unspecified atom stereocenters. The Kier molecular flexibility index (Phi) is 7.14. The molecule has 0 spiro atoms. The Morgan fingerprint density at radius 3 is 2.13 bits per heavy atom. The van der Waals surface area contributed by atoms with Crippen molar-refractivity contribution in [3.63, 3.8) is 0 Å². The lowest BCUT2D eigenvalue weighted by atomic mass is 10.1. The second-order valence-electron chi connectivity index (χ2n) is 10.1. The maximum Gasteiger partial charge on any atom is 0.246 e. The molecule has 1 aliphatic rings. The SMILES string of the molecule is Cc1ccccc1-c1noc(CN2CCC(CN(Cc3nc(-c4ccccc4C)no3)c3ccccn3)C2)n1. The highest BCUT2D eigenvalue weighted by atomic mass is 16.5. The van der Waals surface area contributed by atoms with Crippen LogP contribution >= 0.6 is 0 Å². The molecule has 0 aliphatic carbocycles. The maximum absolute atomic E-state index is 5.67. The minimum atomic E-state index is 0.449. The fraction of sp³-hybridized carbons (Fsp3) is 0.300. The average molecular weight is 522 g/mol. The van der Waals surface area contributed by atoms with Crippen molar-refractivity contribution >= 4 is 5.82 Å². The van der Waals surface area contributed by atoms with Crippen molar-refractivity contribution < 1.29 is 9.05 Å². The van der Waals surface area contributed by atoms with Gasteiger partial charge >= 0.3 is 0 Å². The van der Waals surface area contributed by atoms with Crippen molar-refractivity contribution in [2.24, 2.45) is 5.92 Å². The first-order valence-electron chi connectivity index (χ1n) is 13.3. The third-order valence-electron chi connectivity index (χ3n) is 7.21. The molecule has 1 fully saturated rings. The zero-order valence-corrected chi connectivity index (χ0v) is 22.2. The molecule has 6 rings (SSSR count). The van der Waals surface area contributed by atoms with Crippen molar-refractivity contribution in [3.05, 3.63) is 95.8 Å². The summed E-state index contributed by atoms with van der Waals surface area (Å²) >= 11 is 0. The smallest absolute Gasteiger partial charge is 0.246 e. The molecule has 0 radical (unpaired) electrons. The van der Waals surface area contributed by atoms with Crippen LogP contribution in [0.25, 0.3) is 22.8 Å². The van der Waals surface area contributed by atoms with Crippen LogP contribution < -0.4 is 4.90 Å². The summed E-state index contributed by atoms with van der Waals surface area (Å²) in [5, 5.41) is 8.47. The highest BCUT2D eigenvalue weighted by molar-refractivity contribution is 5.59. The summed E-state index contributed by atoms with van der Waals surface area (Å²) in [6, 6.07) is 22.1. The van der Waals surface area contributed by atoms with Crippen molar-refractivity contribution in [3.8, 4) is 22.8 Å². The van der Waals surface area contributed by atoms with Gasteiger partial charge in [-0.1, -0.05) is 64.9 Å². The van der Waals surface area contributed by atoms with E-state index < -0.39 is 0 Å². The third-order valence-corrected chi connectivity index (χ3v) is 7.21. The molecule has 0 N–H and O–H groups in total. The highest BCUT2D eigenvalue weighted by Crippen LogP contribution is 2.26. The van der Waals surface area contributed by atoms with Crippen molar-refractivity contribution in [1.29, 1.82) is 0 Å². The largest absolute Gasteiger partial charge is 0.347 e. The van der Waals surface area contributed by atoms with Gasteiger partial charge in [0.25, 0.3) is 0 Å². The molecule has 5 aromatic rings. The predicted molar refractivity (Wildman–Crippen MR) is 148 cm³/mol. The van der Waals surface area contributed by atoms with Crippen LogP contribution in [0, 0.1) is 19.8 Å². The van der Waals surface area contributed by atoms with Gasteiger partial charge in [-0.25, -0.2) is 4.98 Å². The Labute approximate surface area is 227 Å². The third kappa shape index (κ3) is 5.73. The zero-order chi connectivity index (χ0) is 26.6. The lowest BCUT2D eigenvalue weighted by molar-refractivity contribution is 0.260. The highest BCUT2D eigenvalue weighted by Gasteiger charge is 2.27. The molecule has 39 heavy (non-hydrogen) atoms. The van der Waals surface area contributed by atoms with Gasteiger partial charge in [-0.15, -0.1) is 0 Å². The minimum absolute atomic E-state index is 0.449. The molecule has 0 saturated carbocycles. The number of nitrogens with zero attached hydrogens (tertiary/aromatic N) is 7. The summed E-state index contributed by atoms with van der Waals surface area (Å²) in [6.45, 7) is 7.98. The molecule has 4 heterocycles. The van der Waals surface area contributed by atoms with Crippen LogP contribution in [0.4, 0.5) is 5.82 Å². The monoisotopic (exact) mass is 521 g/mol. The van der Waals surface area contributed by atoms with Gasteiger partial charge in [0.1, 0.15) is 5.82 Å². The van der Waals surface area contributed by atoms with E-state index in [-0.39, 0.29) is 0 Å².